The van der Waals surface area contributed by atoms with E-state index < -0.39 is 11.8 Å². The molecule has 0 unspecified atom stereocenters. The van der Waals surface area contributed by atoms with Gasteiger partial charge in [-0.1, -0.05) is 97.1 Å². The van der Waals surface area contributed by atoms with Crippen LogP contribution in [0.5, 0.6) is 0 Å². The second-order valence-corrected chi connectivity index (χ2v) is 11.3. The van der Waals surface area contributed by atoms with Crippen molar-refractivity contribution in [1.29, 1.82) is 0 Å². The number of thiazole rings is 2. The van der Waals surface area contributed by atoms with E-state index in [0.717, 1.165) is 44.1 Å². The van der Waals surface area contributed by atoms with Gasteiger partial charge in [-0.25, -0.2) is 9.97 Å². The van der Waals surface area contributed by atoms with Gasteiger partial charge in [0.2, 0.25) is 0 Å². The third kappa shape index (κ3) is 4.94. The fourth-order valence-corrected chi connectivity index (χ4v) is 6.43. The van der Waals surface area contributed by atoms with Gasteiger partial charge in [-0.2, -0.15) is 0 Å². The van der Waals surface area contributed by atoms with Gasteiger partial charge in [0.15, 0.2) is 10.3 Å². The minimum atomic E-state index is -0.407. The van der Waals surface area contributed by atoms with Crippen molar-refractivity contribution in [3.05, 3.63) is 131 Å². The van der Waals surface area contributed by atoms with E-state index in [9.17, 15) is 9.59 Å². The monoisotopic (exact) mass is 582 g/mol. The van der Waals surface area contributed by atoms with Crippen molar-refractivity contribution in [1.82, 2.24) is 9.97 Å². The number of fused-ring (bicyclic) bond motifs is 2. The smallest absolute Gasteiger partial charge is 0.258 e. The summed E-state index contributed by atoms with van der Waals surface area (Å²) in [5.74, 6) is -0.815. The molecule has 0 saturated carbocycles. The van der Waals surface area contributed by atoms with Crippen molar-refractivity contribution in [3.63, 3.8) is 0 Å². The van der Waals surface area contributed by atoms with Gasteiger partial charge in [-0.05, 0) is 33.7 Å². The average molecular weight is 583 g/mol. The molecule has 8 heteroatoms. The number of aromatic nitrogens is 2. The van der Waals surface area contributed by atoms with Gasteiger partial charge < -0.3 is 0 Å². The molecule has 7 aromatic rings. The lowest BCUT2D eigenvalue weighted by molar-refractivity contribution is 0.0990. The maximum atomic E-state index is 13.3. The molecule has 0 aliphatic heterocycles. The van der Waals surface area contributed by atoms with Crippen molar-refractivity contribution in [2.75, 3.05) is 10.6 Å². The molecule has 0 fully saturated rings. The number of carbonyl (C=O) groups excluding carboxylic acids is 2. The zero-order valence-electron chi connectivity index (χ0n) is 22.1. The Morgan fingerprint density at radius 2 is 0.905 bits per heavy atom. The van der Waals surface area contributed by atoms with E-state index in [4.69, 9.17) is 0 Å². The Morgan fingerprint density at radius 3 is 1.38 bits per heavy atom. The number of nitrogens with zero attached hydrogens (tertiary/aromatic N) is 2. The van der Waals surface area contributed by atoms with E-state index in [1.165, 1.54) is 22.7 Å². The number of carbonyl (C=O) groups is 2. The SMILES string of the molecule is O=C(Nc1nc(-c2cccc3ccccc23)cs1)c1ccccc1C(=O)Nc1nc(-c2cccc3ccccc23)cs1. The van der Waals surface area contributed by atoms with E-state index in [1.54, 1.807) is 24.3 Å². The van der Waals surface area contributed by atoms with Crippen LogP contribution in [0.3, 0.4) is 0 Å². The summed E-state index contributed by atoms with van der Waals surface area (Å²) < 4.78 is 0. The molecule has 2 aromatic heterocycles. The standard InChI is InChI=1S/C34H22N4O2S2/c39-31(37-33-35-29(19-41-33)25-17-7-11-21-9-1-3-13-23(21)25)27-15-5-6-16-28(27)32(40)38-34-36-30(20-42-34)26-18-8-12-22-10-2-4-14-24(22)26/h1-20H,(H,35,37,39)(H,36,38,40). The highest BCUT2D eigenvalue weighted by Crippen LogP contribution is 2.33. The Morgan fingerprint density at radius 1 is 0.500 bits per heavy atom. The fourth-order valence-electron chi connectivity index (χ4n) is 5.02. The summed E-state index contributed by atoms with van der Waals surface area (Å²) >= 11 is 2.68. The molecule has 0 saturated heterocycles. The highest BCUT2D eigenvalue weighted by Gasteiger charge is 2.20. The van der Waals surface area contributed by atoms with Crippen molar-refractivity contribution >= 4 is 66.3 Å². The Hall–Kier alpha value is -5.18. The predicted octanol–water partition coefficient (Wildman–Crippen LogP) is 8.74. The van der Waals surface area contributed by atoms with Crippen molar-refractivity contribution in [2.45, 2.75) is 0 Å². The molecular weight excluding hydrogens is 561 g/mol. The average Bonchev–Trinajstić information content (AvgIpc) is 3.70. The molecule has 0 bridgehead atoms. The summed E-state index contributed by atoms with van der Waals surface area (Å²) in [6.45, 7) is 0. The Balaban J connectivity index is 1.10. The molecule has 7 rings (SSSR count). The first-order valence-corrected chi connectivity index (χ1v) is 15.0. The van der Waals surface area contributed by atoms with E-state index in [2.05, 4.69) is 57.0 Å². The summed E-state index contributed by atoms with van der Waals surface area (Å²) in [5.41, 5.74) is 4.06. The van der Waals surface area contributed by atoms with Crippen molar-refractivity contribution in [2.24, 2.45) is 0 Å². The van der Waals surface area contributed by atoms with Gasteiger partial charge in [0, 0.05) is 21.9 Å². The summed E-state index contributed by atoms with van der Waals surface area (Å²) in [6.07, 6.45) is 0. The normalized spacial score (nSPS) is 11.0. The lowest BCUT2D eigenvalue weighted by atomic mass is 10.0. The maximum Gasteiger partial charge on any atom is 0.258 e. The minimum absolute atomic E-state index is 0.253. The molecule has 2 N–H and O–H groups in total. The Bertz CT molecular complexity index is 1950. The number of anilines is 2. The Kier molecular flexibility index (Phi) is 6.75. The number of benzene rings is 5. The highest BCUT2D eigenvalue weighted by molar-refractivity contribution is 7.14. The minimum Gasteiger partial charge on any atom is -0.298 e. The predicted molar refractivity (Wildman–Crippen MR) is 172 cm³/mol. The molecule has 0 atom stereocenters. The molecule has 5 aromatic carbocycles. The summed E-state index contributed by atoms with van der Waals surface area (Å²) in [7, 11) is 0. The van der Waals surface area contributed by atoms with Crippen LogP contribution in [0.4, 0.5) is 10.3 Å². The molecule has 42 heavy (non-hydrogen) atoms. The molecule has 2 heterocycles. The third-order valence-corrected chi connectivity index (χ3v) is 8.51. The summed E-state index contributed by atoms with van der Waals surface area (Å²) in [4.78, 5) is 36.0. The molecule has 0 spiro atoms. The van der Waals surface area contributed by atoms with Gasteiger partial charge in [-0.15, -0.1) is 22.7 Å². The quantitative estimate of drug-likeness (QED) is 0.205. The van der Waals surface area contributed by atoms with Crippen molar-refractivity contribution in [3.8, 4) is 22.5 Å². The van der Waals surface area contributed by atoms with Gasteiger partial charge in [0.05, 0.1) is 22.5 Å². The molecular formula is C34H22N4O2S2. The number of rotatable bonds is 6. The van der Waals surface area contributed by atoms with E-state index in [-0.39, 0.29) is 11.1 Å². The van der Waals surface area contributed by atoms with Crippen molar-refractivity contribution < 1.29 is 9.59 Å². The van der Waals surface area contributed by atoms with E-state index in [1.807, 2.05) is 59.3 Å². The second-order valence-electron chi connectivity index (χ2n) is 9.58. The van der Waals surface area contributed by atoms with Crippen LogP contribution in [0.15, 0.2) is 120 Å². The van der Waals surface area contributed by atoms with Gasteiger partial charge in [-0.3, -0.25) is 20.2 Å². The fraction of sp³-hybridized carbons (Fsp3) is 0. The van der Waals surface area contributed by atoms with Crippen LogP contribution in [-0.4, -0.2) is 21.8 Å². The first-order chi connectivity index (χ1) is 20.6. The van der Waals surface area contributed by atoms with Crippen LogP contribution in [0, 0.1) is 0 Å². The van der Waals surface area contributed by atoms with E-state index in [0.29, 0.717) is 10.3 Å². The first kappa shape index (κ1) is 25.8. The van der Waals surface area contributed by atoms with Crippen LogP contribution in [0.1, 0.15) is 20.7 Å². The zero-order chi connectivity index (χ0) is 28.5. The summed E-state index contributed by atoms with van der Waals surface area (Å²) in [6, 6.07) is 35.1. The lowest BCUT2D eigenvalue weighted by Crippen LogP contribution is -2.20. The van der Waals surface area contributed by atoms with E-state index >= 15 is 0 Å². The maximum absolute atomic E-state index is 13.3. The second kappa shape index (κ2) is 11.0. The number of hydrogen-bond acceptors (Lipinski definition) is 6. The molecule has 0 aliphatic carbocycles. The molecule has 202 valence electrons. The van der Waals surface area contributed by atoms with Gasteiger partial charge >= 0.3 is 0 Å². The molecule has 0 radical (unpaired) electrons. The highest BCUT2D eigenvalue weighted by atomic mass is 32.1. The zero-order valence-corrected chi connectivity index (χ0v) is 23.7. The number of amides is 2. The van der Waals surface area contributed by atoms with Crippen LogP contribution in [-0.2, 0) is 0 Å². The first-order valence-electron chi connectivity index (χ1n) is 13.2. The largest absolute Gasteiger partial charge is 0.298 e. The van der Waals surface area contributed by atoms with Crippen LogP contribution in [0.25, 0.3) is 44.1 Å². The van der Waals surface area contributed by atoms with Crippen LogP contribution >= 0.6 is 22.7 Å². The summed E-state index contributed by atoms with van der Waals surface area (Å²) in [5, 5.41) is 14.9. The third-order valence-electron chi connectivity index (χ3n) is 7.00. The molecule has 2 amide bonds. The topological polar surface area (TPSA) is 84.0 Å². The molecule has 0 aliphatic rings. The van der Waals surface area contributed by atoms with Gasteiger partial charge in [0.1, 0.15) is 0 Å². The van der Waals surface area contributed by atoms with Crippen LogP contribution in [0.2, 0.25) is 0 Å². The van der Waals surface area contributed by atoms with Crippen LogP contribution < -0.4 is 10.6 Å². The molecule has 6 nitrogen and oxygen atoms in total. The number of hydrogen-bond donors (Lipinski definition) is 2. The van der Waals surface area contributed by atoms with Gasteiger partial charge in [0.25, 0.3) is 11.8 Å². The number of nitrogens with one attached hydrogen (secondary N) is 2. The Labute approximate surface area is 249 Å². The lowest BCUT2D eigenvalue weighted by Gasteiger charge is -2.08.